The second-order valence-corrected chi connectivity index (χ2v) is 5.14. The van der Waals surface area contributed by atoms with Crippen LogP contribution in [-0.2, 0) is 6.42 Å². The van der Waals surface area contributed by atoms with Gasteiger partial charge >= 0.3 is 0 Å². The summed E-state index contributed by atoms with van der Waals surface area (Å²) in [6, 6.07) is 0.844. The Bertz CT molecular complexity index is 336. The Morgan fingerprint density at radius 1 is 1.33 bits per heavy atom. The molecule has 1 heterocycles. The Morgan fingerprint density at radius 3 is 2.67 bits per heavy atom. The largest absolute Gasteiger partial charge is 0.351 e. The molecule has 0 aromatic carbocycles. The SMILES string of the molecule is CC(N)C1CCCc2cn(C(C)C)cc21. The van der Waals surface area contributed by atoms with Gasteiger partial charge in [0.05, 0.1) is 0 Å². The van der Waals surface area contributed by atoms with E-state index in [2.05, 4.69) is 37.7 Å². The summed E-state index contributed by atoms with van der Waals surface area (Å²) >= 11 is 0. The Morgan fingerprint density at radius 2 is 2.07 bits per heavy atom. The van der Waals surface area contributed by atoms with Crippen molar-refractivity contribution in [2.45, 2.75) is 58.0 Å². The quantitative estimate of drug-likeness (QED) is 0.792. The first kappa shape index (κ1) is 10.7. The van der Waals surface area contributed by atoms with Gasteiger partial charge in [0.1, 0.15) is 0 Å². The lowest BCUT2D eigenvalue weighted by Crippen LogP contribution is -2.27. The lowest BCUT2D eigenvalue weighted by atomic mass is 9.82. The van der Waals surface area contributed by atoms with E-state index >= 15 is 0 Å². The number of nitrogens with two attached hydrogens (primary N) is 1. The van der Waals surface area contributed by atoms with Gasteiger partial charge in [0.2, 0.25) is 0 Å². The smallest absolute Gasteiger partial charge is 0.0274 e. The van der Waals surface area contributed by atoms with Crippen LogP contribution in [0.4, 0.5) is 0 Å². The van der Waals surface area contributed by atoms with Crippen LogP contribution in [0.25, 0.3) is 0 Å². The third kappa shape index (κ3) is 1.96. The molecule has 1 aliphatic carbocycles. The van der Waals surface area contributed by atoms with E-state index in [1.807, 2.05) is 0 Å². The van der Waals surface area contributed by atoms with Crippen LogP contribution in [0.3, 0.4) is 0 Å². The van der Waals surface area contributed by atoms with Gasteiger partial charge in [-0.2, -0.15) is 0 Å². The Labute approximate surface area is 92.5 Å². The van der Waals surface area contributed by atoms with E-state index in [9.17, 15) is 0 Å². The number of hydrogen-bond acceptors (Lipinski definition) is 1. The zero-order valence-electron chi connectivity index (χ0n) is 10.0. The van der Waals surface area contributed by atoms with Crippen LogP contribution in [-0.4, -0.2) is 10.6 Å². The predicted octanol–water partition coefficient (Wildman–Crippen LogP) is 2.84. The molecule has 0 bridgehead atoms. The summed E-state index contributed by atoms with van der Waals surface area (Å²) in [5.74, 6) is 0.578. The third-order valence-electron chi connectivity index (χ3n) is 3.56. The van der Waals surface area contributed by atoms with Gasteiger partial charge in [-0.25, -0.2) is 0 Å². The Balaban J connectivity index is 2.34. The van der Waals surface area contributed by atoms with Gasteiger partial charge in [-0.3, -0.25) is 0 Å². The van der Waals surface area contributed by atoms with Crippen molar-refractivity contribution in [2.75, 3.05) is 0 Å². The maximum Gasteiger partial charge on any atom is 0.0274 e. The van der Waals surface area contributed by atoms with Crippen molar-refractivity contribution in [3.63, 3.8) is 0 Å². The first-order valence-electron chi connectivity index (χ1n) is 6.05. The van der Waals surface area contributed by atoms with E-state index in [1.54, 1.807) is 0 Å². The fourth-order valence-electron chi connectivity index (χ4n) is 2.59. The summed E-state index contributed by atoms with van der Waals surface area (Å²) in [6.45, 7) is 6.59. The molecule has 15 heavy (non-hydrogen) atoms. The second kappa shape index (κ2) is 4.01. The van der Waals surface area contributed by atoms with Crippen molar-refractivity contribution >= 4 is 0 Å². The molecule has 2 N–H and O–H groups in total. The van der Waals surface area contributed by atoms with Crippen LogP contribution in [0.5, 0.6) is 0 Å². The van der Waals surface area contributed by atoms with E-state index in [0.29, 0.717) is 12.0 Å². The van der Waals surface area contributed by atoms with Gasteiger partial charge in [-0.05, 0) is 51.2 Å². The maximum atomic E-state index is 6.06. The molecule has 2 nitrogen and oxygen atoms in total. The summed E-state index contributed by atoms with van der Waals surface area (Å²) in [4.78, 5) is 0. The minimum Gasteiger partial charge on any atom is -0.351 e. The van der Waals surface area contributed by atoms with E-state index in [-0.39, 0.29) is 6.04 Å². The van der Waals surface area contributed by atoms with Crippen LogP contribution in [0.1, 0.15) is 56.7 Å². The number of aryl methyl sites for hydroxylation is 1. The molecule has 2 unspecified atom stereocenters. The van der Waals surface area contributed by atoms with Crippen molar-refractivity contribution in [1.29, 1.82) is 0 Å². The standard InChI is InChI=1S/C13H22N2/c1-9(2)15-7-11-5-4-6-12(10(3)14)13(11)8-15/h7-10,12H,4-6,14H2,1-3H3. The van der Waals surface area contributed by atoms with E-state index in [0.717, 1.165) is 0 Å². The zero-order chi connectivity index (χ0) is 11.0. The Hall–Kier alpha value is -0.760. The fourth-order valence-corrected chi connectivity index (χ4v) is 2.59. The molecule has 2 rings (SSSR count). The topological polar surface area (TPSA) is 30.9 Å². The predicted molar refractivity (Wildman–Crippen MR) is 64.1 cm³/mol. The molecule has 1 aromatic rings. The number of nitrogens with zero attached hydrogens (tertiary/aromatic N) is 1. The van der Waals surface area contributed by atoms with Crippen LogP contribution < -0.4 is 5.73 Å². The second-order valence-electron chi connectivity index (χ2n) is 5.14. The normalized spacial score (nSPS) is 22.9. The van der Waals surface area contributed by atoms with Gasteiger partial charge in [-0.15, -0.1) is 0 Å². The molecule has 0 saturated carbocycles. The van der Waals surface area contributed by atoms with Crippen molar-refractivity contribution in [1.82, 2.24) is 4.57 Å². The highest BCUT2D eigenvalue weighted by molar-refractivity contribution is 5.32. The summed E-state index contributed by atoms with van der Waals surface area (Å²) in [5.41, 5.74) is 9.09. The van der Waals surface area contributed by atoms with Gasteiger partial charge in [-0.1, -0.05) is 0 Å². The summed E-state index contributed by atoms with van der Waals surface area (Å²) < 4.78 is 2.32. The van der Waals surface area contributed by atoms with Gasteiger partial charge in [0.15, 0.2) is 0 Å². The zero-order valence-corrected chi connectivity index (χ0v) is 10.0. The number of fused-ring (bicyclic) bond motifs is 1. The molecule has 84 valence electrons. The molecule has 0 amide bonds. The molecule has 0 spiro atoms. The monoisotopic (exact) mass is 206 g/mol. The number of aromatic nitrogens is 1. The highest BCUT2D eigenvalue weighted by Gasteiger charge is 2.24. The van der Waals surface area contributed by atoms with Crippen LogP contribution in [0.15, 0.2) is 12.4 Å². The van der Waals surface area contributed by atoms with Crippen molar-refractivity contribution < 1.29 is 0 Å². The summed E-state index contributed by atoms with van der Waals surface area (Å²) in [6.07, 6.45) is 8.41. The highest BCUT2D eigenvalue weighted by Crippen LogP contribution is 2.34. The fraction of sp³-hybridized carbons (Fsp3) is 0.692. The number of hydrogen-bond donors (Lipinski definition) is 1. The van der Waals surface area contributed by atoms with Gasteiger partial charge in [0.25, 0.3) is 0 Å². The van der Waals surface area contributed by atoms with Crippen LogP contribution in [0.2, 0.25) is 0 Å². The molecular formula is C13H22N2. The Kier molecular flexibility index (Phi) is 2.87. The average molecular weight is 206 g/mol. The summed E-state index contributed by atoms with van der Waals surface area (Å²) in [5, 5.41) is 0. The third-order valence-corrected chi connectivity index (χ3v) is 3.56. The highest BCUT2D eigenvalue weighted by atomic mass is 15.0. The molecule has 0 saturated heterocycles. The van der Waals surface area contributed by atoms with Gasteiger partial charge in [0, 0.05) is 30.4 Å². The minimum atomic E-state index is 0.284. The molecular weight excluding hydrogens is 184 g/mol. The van der Waals surface area contributed by atoms with Crippen molar-refractivity contribution in [2.24, 2.45) is 5.73 Å². The first-order chi connectivity index (χ1) is 7.09. The molecule has 1 aromatic heterocycles. The molecule has 0 fully saturated rings. The van der Waals surface area contributed by atoms with E-state index in [1.165, 1.54) is 30.4 Å². The molecule has 0 radical (unpaired) electrons. The summed E-state index contributed by atoms with van der Waals surface area (Å²) in [7, 11) is 0. The molecule has 0 aliphatic heterocycles. The molecule has 1 aliphatic rings. The maximum absolute atomic E-state index is 6.06. The van der Waals surface area contributed by atoms with E-state index < -0.39 is 0 Å². The van der Waals surface area contributed by atoms with Crippen LogP contribution in [0, 0.1) is 0 Å². The first-order valence-corrected chi connectivity index (χ1v) is 6.05. The minimum absolute atomic E-state index is 0.284. The van der Waals surface area contributed by atoms with Gasteiger partial charge < -0.3 is 10.3 Å². The lowest BCUT2D eigenvalue weighted by molar-refractivity contribution is 0.486. The van der Waals surface area contributed by atoms with E-state index in [4.69, 9.17) is 5.73 Å². The number of rotatable bonds is 2. The lowest BCUT2D eigenvalue weighted by Gasteiger charge is -2.25. The molecule has 2 atom stereocenters. The van der Waals surface area contributed by atoms with Crippen molar-refractivity contribution in [3.8, 4) is 0 Å². The average Bonchev–Trinajstić information content (AvgIpc) is 2.60. The van der Waals surface area contributed by atoms with Crippen molar-refractivity contribution in [3.05, 3.63) is 23.5 Å². The van der Waals surface area contributed by atoms with Crippen LogP contribution >= 0.6 is 0 Å². The molecule has 2 heteroatoms.